The number of sulfonamides is 1. The van der Waals surface area contributed by atoms with Crippen molar-refractivity contribution in [1.82, 2.24) is 4.72 Å². The molecule has 0 bridgehead atoms. The topological polar surface area (TPSA) is 104 Å². The first-order valence-electron chi connectivity index (χ1n) is 10.0. The van der Waals surface area contributed by atoms with Crippen molar-refractivity contribution < 1.29 is 18.0 Å². The normalized spacial score (nSPS) is 13.8. The van der Waals surface area contributed by atoms with Gasteiger partial charge in [-0.3, -0.25) is 9.59 Å². The lowest BCUT2D eigenvalue weighted by molar-refractivity contribution is -0.119. The summed E-state index contributed by atoms with van der Waals surface area (Å²) in [6, 6.07) is 13.6. The Morgan fingerprint density at radius 2 is 1.50 bits per heavy atom. The Hall–Kier alpha value is -2.71. The molecule has 1 aliphatic carbocycles. The highest BCUT2D eigenvalue weighted by molar-refractivity contribution is 7.89. The van der Waals surface area contributed by atoms with Gasteiger partial charge in [-0.1, -0.05) is 26.0 Å². The van der Waals surface area contributed by atoms with E-state index in [-0.39, 0.29) is 35.1 Å². The summed E-state index contributed by atoms with van der Waals surface area (Å²) in [6.45, 7) is 3.64. The van der Waals surface area contributed by atoms with E-state index < -0.39 is 10.0 Å². The first kappa shape index (κ1) is 22.0. The zero-order valence-corrected chi connectivity index (χ0v) is 18.0. The maximum Gasteiger partial charge on any atom is 0.240 e. The lowest BCUT2D eigenvalue weighted by Gasteiger charge is -2.10. The van der Waals surface area contributed by atoms with E-state index >= 15 is 0 Å². The maximum atomic E-state index is 12.2. The molecule has 2 aromatic rings. The molecule has 1 fully saturated rings. The molecule has 160 valence electrons. The fraction of sp³-hybridized carbons (Fsp3) is 0.364. The molecule has 30 heavy (non-hydrogen) atoms. The molecule has 0 saturated heterocycles. The molecule has 0 heterocycles. The summed E-state index contributed by atoms with van der Waals surface area (Å²) in [4.78, 5) is 24.2. The zero-order chi connectivity index (χ0) is 21.7. The van der Waals surface area contributed by atoms with E-state index in [0.717, 1.165) is 18.4 Å². The van der Waals surface area contributed by atoms with Crippen LogP contribution >= 0.6 is 0 Å². The predicted octanol–water partition coefficient (Wildman–Crippen LogP) is 3.29. The zero-order valence-electron chi connectivity index (χ0n) is 17.1. The molecular weight excluding hydrogens is 402 g/mol. The first-order chi connectivity index (χ1) is 14.2. The van der Waals surface area contributed by atoms with E-state index in [9.17, 15) is 18.0 Å². The summed E-state index contributed by atoms with van der Waals surface area (Å²) in [5.74, 6) is -0.303. The Labute approximate surface area is 177 Å². The van der Waals surface area contributed by atoms with Crippen LogP contribution in [-0.4, -0.2) is 26.3 Å². The Balaban J connectivity index is 1.48. The molecule has 0 aromatic heterocycles. The van der Waals surface area contributed by atoms with E-state index in [1.54, 1.807) is 48.5 Å². The Morgan fingerprint density at radius 3 is 2.03 bits per heavy atom. The highest BCUT2D eigenvalue weighted by Crippen LogP contribution is 2.22. The molecule has 1 saturated carbocycles. The number of hydrogen-bond acceptors (Lipinski definition) is 4. The van der Waals surface area contributed by atoms with Crippen LogP contribution in [0.2, 0.25) is 0 Å². The lowest BCUT2D eigenvalue weighted by atomic mass is 10.1. The van der Waals surface area contributed by atoms with E-state index in [1.807, 2.05) is 13.8 Å². The second-order valence-corrected chi connectivity index (χ2v) is 9.52. The molecule has 3 N–H and O–H groups in total. The summed E-state index contributed by atoms with van der Waals surface area (Å²) in [5.41, 5.74) is 2.22. The van der Waals surface area contributed by atoms with Crippen molar-refractivity contribution in [2.24, 2.45) is 5.92 Å². The van der Waals surface area contributed by atoms with Crippen molar-refractivity contribution in [2.45, 2.75) is 50.5 Å². The largest absolute Gasteiger partial charge is 0.326 e. The highest BCUT2D eigenvalue weighted by atomic mass is 32.2. The average molecular weight is 430 g/mol. The molecule has 0 spiro atoms. The van der Waals surface area contributed by atoms with Gasteiger partial charge >= 0.3 is 0 Å². The Morgan fingerprint density at radius 1 is 0.933 bits per heavy atom. The van der Waals surface area contributed by atoms with Crippen LogP contribution in [0.1, 0.15) is 38.7 Å². The van der Waals surface area contributed by atoms with Crippen molar-refractivity contribution in [3.8, 4) is 0 Å². The first-order valence-corrected chi connectivity index (χ1v) is 11.5. The summed E-state index contributed by atoms with van der Waals surface area (Å²) in [7, 11) is -3.46. The molecule has 2 amide bonds. The summed E-state index contributed by atoms with van der Waals surface area (Å²) in [6.07, 6.45) is 2.56. The number of rotatable bonds is 9. The van der Waals surface area contributed by atoms with Crippen molar-refractivity contribution in [3.63, 3.8) is 0 Å². The van der Waals surface area contributed by atoms with Gasteiger partial charge < -0.3 is 10.6 Å². The van der Waals surface area contributed by atoms with Gasteiger partial charge in [-0.15, -0.1) is 0 Å². The van der Waals surface area contributed by atoms with Gasteiger partial charge in [-0.05, 0) is 61.2 Å². The van der Waals surface area contributed by atoms with Crippen LogP contribution in [-0.2, 0) is 26.0 Å². The van der Waals surface area contributed by atoms with Gasteiger partial charge in [0, 0.05) is 29.8 Å². The number of hydrogen-bond donors (Lipinski definition) is 3. The molecular formula is C22H27N3O4S. The quantitative estimate of drug-likeness (QED) is 0.569. The van der Waals surface area contributed by atoms with E-state index in [2.05, 4.69) is 15.4 Å². The van der Waals surface area contributed by atoms with Crippen LogP contribution in [0.4, 0.5) is 11.4 Å². The number of aryl methyl sites for hydroxylation is 1. The maximum absolute atomic E-state index is 12.2. The van der Waals surface area contributed by atoms with Gasteiger partial charge in [-0.25, -0.2) is 13.1 Å². The van der Waals surface area contributed by atoms with Crippen molar-refractivity contribution >= 4 is 33.2 Å². The van der Waals surface area contributed by atoms with Crippen LogP contribution in [0, 0.1) is 5.92 Å². The van der Waals surface area contributed by atoms with Crippen LogP contribution < -0.4 is 15.4 Å². The van der Waals surface area contributed by atoms with E-state index in [1.165, 1.54) is 0 Å². The fourth-order valence-electron chi connectivity index (χ4n) is 2.73. The minimum Gasteiger partial charge on any atom is -0.326 e. The summed E-state index contributed by atoms with van der Waals surface area (Å²) >= 11 is 0. The summed E-state index contributed by atoms with van der Waals surface area (Å²) < 4.78 is 27.0. The summed E-state index contributed by atoms with van der Waals surface area (Å²) in [5, 5.41) is 5.62. The average Bonchev–Trinajstić information content (AvgIpc) is 3.51. The molecule has 2 aromatic carbocycles. The number of anilines is 2. The minimum absolute atomic E-state index is 0.0612. The van der Waals surface area contributed by atoms with Gasteiger partial charge in [0.1, 0.15) is 0 Å². The highest BCUT2D eigenvalue weighted by Gasteiger charge is 2.27. The number of amides is 2. The molecule has 0 aliphatic heterocycles. The van der Waals surface area contributed by atoms with Crippen LogP contribution in [0.5, 0.6) is 0 Å². The van der Waals surface area contributed by atoms with Crippen molar-refractivity contribution in [2.75, 3.05) is 10.6 Å². The molecule has 8 heteroatoms. The van der Waals surface area contributed by atoms with Gasteiger partial charge in [0.2, 0.25) is 21.8 Å². The van der Waals surface area contributed by atoms with Crippen molar-refractivity contribution in [1.29, 1.82) is 0 Å². The number of carbonyl (C=O) groups excluding carboxylic acids is 2. The smallest absolute Gasteiger partial charge is 0.240 e. The second kappa shape index (κ2) is 9.40. The molecule has 3 rings (SSSR count). The van der Waals surface area contributed by atoms with E-state index in [0.29, 0.717) is 17.8 Å². The Bertz CT molecular complexity index is 996. The monoisotopic (exact) mass is 429 g/mol. The predicted molar refractivity (Wildman–Crippen MR) is 117 cm³/mol. The standard InChI is InChI=1S/C22H27N3O4S/c1-15(2)22(27)24-18-8-6-17(7-9-18)23-21(26)14-5-16-3-12-20(13-4-16)30(28,29)25-19-10-11-19/h3-4,6-9,12-13,15,19,25H,5,10-11,14H2,1-2H3,(H,23,26)(H,24,27). The van der Waals surface area contributed by atoms with Crippen molar-refractivity contribution in [3.05, 3.63) is 54.1 Å². The molecule has 0 radical (unpaired) electrons. The number of nitrogens with one attached hydrogen (secondary N) is 3. The second-order valence-electron chi connectivity index (χ2n) is 7.81. The third kappa shape index (κ3) is 6.40. The molecule has 0 unspecified atom stereocenters. The lowest BCUT2D eigenvalue weighted by Crippen LogP contribution is -2.25. The van der Waals surface area contributed by atoms with Crippen LogP contribution in [0.15, 0.2) is 53.4 Å². The third-order valence-electron chi connectivity index (χ3n) is 4.73. The molecule has 7 nitrogen and oxygen atoms in total. The third-order valence-corrected chi connectivity index (χ3v) is 6.27. The molecule has 1 aliphatic rings. The van der Waals surface area contributed by atoms with Gasteiger partial charge in [0.25, 0.3) is 0 Å². The van der Waals surface area contributed by atoms with Gasteiger partial charge in [-0.2, -0.15) is 0 Å². The van der Waals surface area contributed by atoms with E-state index in [4.69, 9.17) is 0 Å². The van der Waals surface area contributed by atoms with Crippen LogP contribution in [0.3, 0.4) is 0 Å². The SMILES string of the molecule is CC(C)C(=O)Nc1ccc(NC(=O)CCc2ccc(S(=O)(=O)NC3CC3)cc2)cc1. The van der Waals surface area contributed by atoms with Gasteiger partial charge in [0.05, 0.1) is 4.90 Å². The van der Waals surface area contributed by atoms with Crippen LogP contribution in [0.25, 0.3) is 0 Å². The number of benzene rings is 2. The molecule has 0 atom stereocenters. The number of carbonyl (C=O) groups is 2. The minimum atomic E-state index is -3.46. The van der Waals surface area contributed by atoms with Gasteiger partial charge in [0.15, 0.2) is 0 Å². The fourth-order valence-corrected chi connectivity index (χ4v) is 4.03. The Kier molecular flexibility index (Phi) is 6.89.